The lowest BCUT2D eigenvalue weighted by Gasteiger charge is -2.32. The minimum Gasteiger partial charge on any atom is -0.481 e. The Kier molecular flexibility index (Phi) is 28.8. The molecule has 9 heterocycles. The van der Waals surface area contributed by atoms with Crippen LogP contribution in [0.15, 0.2) is 73.2 Å². The Balaban J connectivity index is 0.000000241. The van der Waals surface area contributed by atoms with Gasteiger partial charge in [0.25, 0.3) is 0 Å². The van der Waals surface area contributed by atoms with E-state index in [1.165, 1.54) is 55.5 Å². The minimum absolute atomic E-state index is 0. The smallest absolute Gasteiger partial charge is 0.407 e. The summed E-state index contributed by atoms with van der Waals surface area (Å²) in [4.78, 5) is 46.3. The zero-order valence-electron chi connectivity index (χ0n) is 45.1. The van der Waals surface area contributed by atoms with Crippen LogP contribution in [-0.2, 0) is 24.0 Å². The van der Waals surface area contributed by atoms with Crippen molar-refractivity contribution in [2.75, 3.05) is 80.2 Å². The minimum atomic E-state index is -0.463. The fourth-order valence-corrected chi connectivity index (χ4v) is 9.82. The molecule has 9 rings (SSSR count). The molecule has 3 aliphatic rings. The predicted octanol–water partition coefficient (Wildman–Crippen LogP) is 11.5. The lowest BCUT2D eigenvalue weighted by Crippen LogP contribution is -2.46. The van der Waals surface area contributed by atoms with Crippen LogP contribution in [-0.4, -0.2) is 149 Å². The molecule has 3 aliphatic heterocycles. The van der Waals surface area contributed by atoms with E-state index in [4.69, 9.17) is 24.7 Å². The van der Waals surface area contributed by atoms with Gasteiger partial charge in [-0.05, 0) is 164 Å². The first-order valence-corrected chi connectivity index (χ1v) is 32.6. The van der Waals surface area contributed by atoms with Gasteiger partial charge in [0.2, 0.25) is 17.6 Å². The number of carbonyl (C=O) groups excluding carboxylic acids is 1. The van der Waals surface area contributed by atoms with Crippen molar-refractivity contribution in [2.24, 2.45) is 11.7 Å². The number of piperidine rings is 3. The molecule has 6 aromatic rings. The highest BCUT2D eigenvalue weighted by molar-refractivity contribution is 15.0. The molecule has 0 radical (unpaired) electrons. The molecule has 0 aromatic carbocycles. The quantitative estimate of drug-likeness (QED) is 0.0927. The number of hydrogen-bond donors (Lipinski definition) is 2. The van der Waals surface area contributed by atoms with Crippen LogP contribution < -0.4 is 25.3 Å². The number of rotatable bonds is 15. The number of nitrogens with two attached hydrogens (primary N) is 1. The van der Waals surface area contributed by atoms with Gasteiger partial charge in [-0.3, -0.25) is 15.0 Å². The van der Waals surface area contributed by atoms with Gasteiger partial charge in [0, 0.05) is 119 Å². The van der Waals surface area contributed by atoms with Gasteiger partial charge in [-0.25, -0.2) is 19.7 Å². The monoisotopic (exact) mass is 1380 g/mol. The topological polar surface area (TPSA) is 179 Å². The van der Waals surface area contributed by atoms with E-state index < -0.39 is 5.60 Å². The summed E-state index contributed by atoms with van der Waals surface area (Å²) in [5.74, 6) is 2.85. The van der Waals surface area contributed by atoms with E-state index >= 15 is 0 Å². The number of ether oxygens (including phenoxy) is 4. The molecule has 3 saturated heterocycles. The molecule has 3 fully saturated rings. The number of fused-ring (bicyclic) bond motifs is 3. The number of nitrogens with zero attached hydrogens (tertiary/aromatic N) is 9. The molecule has 1 amide bonds. The molecular formula is C57H84I3N11O5. The predicted molar refractivity (Wildman–Crippen MR) is 336 cm³/mol. The fraction of sp³-hybridized carbons (Fsp3) is 0.561. The number of likely N-dealkylation sites (tertiary alicyclic amines) is 3. The first kappa shape index (κ1) is 64.9. The molecule has 0 aliphatic carbocycles. The Morgan fingerprint density at radius 3 is 1.30 bits per heavy atom. The maximum absolute atomic E-state index is 11.9. The van der Waals surface area contributed by atoms with Crippen LogP contribution in [0.5, 0.6) is 17.6 Å². The van der Waals surface area contributed by atoms with Gasteiger partial charge >= 0.3 is 6.09 Å². The first-order chi connectivity index (χ1) is 35.9. The number of aromatic nitrogens is 6. The van der Waals surface area contributed by atoms with Gasteiger partial charge in [0.05, 0.1) is 54.4 Å². The Morgan fingerprint density at radius 1 is 0.605 bits per heavy atom. The highest BCUT2D eigenvalue weighted by Crippen LogP contribution is 2.25. The zero-order valence-corrected chi connectivity index (χ0v) is 51.8. The van der Waals surface area contributed by atoms with Crippen molar-refractivity contribution in [3.8, 4) is 17.6 Å². The number of pyridine rings is 6. The summed E-state index contributed by atoms with van der Waals surface area (Å²) >= 11 is 4.24. The molecule has 6 aromatic heterocycles. The van der Waals surface area contributed by atoms with E-state index in [2.05, 4.69) is 106 Å². The van der Waals surface area contributed by atoms with E-state index in [1.807, 2.05) is 81.8 Å². The van der Waals surface area contributed by atoms with Crippen molar-refractivity contribution in [2.45, 2.75) is 123 Å². The van der Waals surface area contributed by atoms with E-state index in [0.29, 0.717) is 23.7 Å². The second-order valence-electron chi connectivity index (χ2n) is 20.3. The highest BCUT2D eigenvalue weighted by Gasteiger charge is 2.24. The van der Waals surface area contributed by atoms with Crippen molar-refractivity contribution in [3.63, 3.8) is 0 Å². The van der Waals surface area contributed by atoms with Crippen LogP contribution in [0.25, 0.3) is 33.1 Å². The molecule has 19 heteroatoms. The maximum Gasteiger partial charge on any atom is 0.407 e. The third kappa shape index (κ3) is 20.6. The van der Waals surface area contributed by atoms with Gasteiger partial charge in [-0.1, -0.05) is 27.2 Å². The SMILES string of the molecule is C.CCCC1CCN(CCc2ccnc3ccc(OC)nc23)CC1.COc1ccc2nccc(CCN3CCC(N)CC3)c2n1.COc1ccc2nccc(CCN3CCC(NC(=O)OC(C)(C)C)CC3)c2n1.I.II. The number of amides is 1. The second kappa shape index (κ2) is 33.7. The van der Waals surface area contributed by atoms with Crippen molar-refractivity contribution in [1.29, 1.82) is 0 Å². The summed E-state index contributed by atoms with van der Waals surface area (Å²) in [6, 6.07) is 18.2. The average molecular weight is 1380 g/mol. The van der Waals surface area contributed by atoms with Gasteiger partial charge in [-0.2, -0.15) is 0 Å². The zero-order chi connectivity index (χ0) is 52.9. The van der Waals surface area contributed by atoms with Crippen LogP contribution in [0, 0.1) is 5.92 Å². The average Bonchev–Trinajstić information content (AvgIpc) is 3.42. The van der Waals surface area contributed by atoms with E-state index in [0.717, 1.165) is 130 Å². The van der Waals surface area contributed by atoms with Crippen LogP contribution in [0.3, 0.4) is 0 Å². The van der Waals surface area contributed by atoms with Gasteiger partial charge in [-0.15, -0.1) is 24.0 Å². The Morgan fingerprint density at radius 2 is 0.961 bits per heavy atom. The van der Waals surface area contributed by atoms with Crippen LogP contribution in [0.2, 0.25) is 0 Å². The van der Waals surface area contributed by atoms with E-state index in [9.17, 15) is 4.79 Å². The van der Waals surface area contributed by atoms with Gasteiger partial charge < -0.3 is 44.7 Å². The molecule has 0 saturated carbocycles. The van der Waals surface area contributed by atoms with Gasteiger partial charge in [0.1, 0.15) is 5.60 Å². The third-order valence-electron chi connectivity index (χ3n) is 14.0. The lowest BCUT2D eigenvalue weighted by atomic mass is 9.92. The summed E-state index contributed by atoms with van der Waals surface area (Å²) in [5, 5.41) is 2.99. The van der Waals surface area contributed by atoms with Crippen LogP contribution in [0.1, 0.15) is 103 Å². The number of nitrogens with one attached hydrogen (secondary N) is 1. The Labute approximate surface area is 492 Å². The first-order valence-electron chi connectivity index (χ1n) is 26.3. The molecule has 418 valence electrons. The number of methoxy groups -OCH3 is 3. The van der Waals surface area contributed by atoms with Crippen LogP contribution >= 0.6 is 61.2 Å². The van der Waals surface area contributed by atoms with E-state index in [-0.39, 0.29) is 43.5 Å². The van der Waals surface area contributed by atoms with Crippen molar-refractivity contribution in [1.82, 2.24) is 49.9 Å². The third-order valence-corrected chi connectivity index (χ3v) is 14.0. The largest absolute Gasteiger partial charge is 0.481 e. The molecule has 0 bridgehead atoms. The van der Waals surface area contributed by atoms with E-state index in [1.54, 1.807) is 21.3 Å². The number of carbonyl (C=O) groups is 1. The summed E-state index contributed by atoms with van der Waals surface area (Å²) < 4.78 is 21.1. The molecule has 0 spiro atoms. The Bertz CT molecular complexity index is 2640. The molecule has 0 unspecified atom stereocenters. The van der Waals surface area contributed by atoms with Crippen molar-refractivity contribution < 1.29 is 23.7 Å². The second-order valence-corrected chi connectivity index (χ2v) is 20.3. The van der Waals surface area contributed by atoms with Gasteiger partial charge in [0.15, 0.2) is 0 Å². The summed E-state index contributed by atoms with van der Waals surface area (Å²) in [7, 11) is 4.92. The summed E-state index contributed by atoms with van der Waals surface area (Å²) in [6.45, 7) is 17.6. The number of halogens is 3. The van der Waals surface area contributed by atoms with Crippen molar-refractivity contribution in [3.05, 3.63) is 89.9 Å². The summed E-state index contributed by atoms with van der Waals surface area (Å²) in [6.07, 6.45) is 17.7. The molecule has 16 nitrogen and oxygen atoms in total. The number of hydrogen-bond acceptors (Lipinski definition) is 15. The van der Waals surface area contributed by atoms with Crippen molar-refractivity contribution >= 4 is 100 Å². The normalized spacial score (nSPS) is 15.9. The number of alkyl carbamates (subject to hydrolysis) is 1. The Hall–Kier alpha value is -3.62. The fourth-order valence-electron chi connectivity index (χ4n) is 9.82. The molecule has 76 heavy (non-hydrogen) atoms. The standard InChI is InChI=1S/C21H30N4O3.C19H27N3O.C16H22N4O.CH4.I2.HI/c1-21(2,3)28-20(26)23-16-9-13-25(14-10-16)12-8-15-7-11-22-17-5-6-18(27-4)24-19(15)17;1-3-4-15-8-12-22(13-9-15)14-10-16-7-11-20-17-5-6-18(23-2)21-19(16)17;1-21-15-3-2-14-16(19-15)12(4-8-18-14)5-9-20-10-6-13(17)7-11-20;;1-2;/h5-7,11,16H,8-10,12-14H2,1-4H3,(H,23,26);5-7,11,15H,3-4,8-10,12-14H2,1-2H3;2-4,8,13H,5-7,9-11,17H2,1H3;1H4;;1H. The lowest BCUT2D eigenvalue weighted by molar-refractivity contribution is 0.0479. The summed E-state index contributed by atoms with van der Waals surface area (Å²) in [5.41, 5.74) is 14.8. The van der Waals surface area contributed by atoms with Crippen LogP contribution in [0.4, 0.5) is 4.79 Å². The molecule has 3 N–H and O–H groups in total. The maximum atomic E-state index is 11.9. The highest BCUT2D eigenvalue weighted by atomic mass is 128. The molecular weight excluding hydrogens is 1300 g/mol. The molecule has 0 atom stereocenters.